The minimum Gasteiger partial charge on any atom is -0.496 e. The third-order valence-electron chi connectivity index (χ3n) is 3.86. The molecule has 25 heavy (non-hydrogen) atoms. The van der Waals surface area contributed by atoms with Gasteiger partial charge in [0.25, 0.3) is 0 Å². The Hall–Kier alpha value is -3.20. The van der Waals surface area contributed by atoms with Crippen LogP contribution in [-0.4, -0.2) is 12.9 Å². The van der Waals surface area contributed by atoms with E-state index in [0.29, 0.717) is 11.3 Å². The van der Waals surface area contributed by atoms with Crippen LogP contribution in [0.5, 0.6) is 5.75 Å². The number of allylic oxidation sites excluding steroid dienone is 1. The van der Waals surface area contributed by atoms with E-state index in [0.717, 1.165) is 16.7 Å². The molecule has 0 bridgehead atoms. The average molecular weight is 332 g/mol. The third kappa shape index (κ3) is 4.01. The van der Waals surface area contributed by atoms with Gasteiger partial charge in [-0.15, -0.1) is 0 Å². The van der Waals surface area contributed by atoms with Crippen LogP contribution in [-0.2, 0) is 0 Å². The molecule has 0 aliphatic heterocycles. The fourth-order valence-electron chi connectivity index (χ4n) is 2.59. The van der Waals surface area contributed by atoms with Crippen LogP contribution >= 0.6 is 0 Å². The highest BCUT2D eigenvalue weighted by Crippen LogP contribution is 2.22. The summed E-state index contributed by atoms with van der Waals surface area (Å²) in [5, 5.41) is 0. The van der Waals surface area contributed by atoms with Crippen molar-refractivity contribution in [2.75, 3.05) is 7.11 Å². The van der Waals surface area contributed by atoms with E-state index in [1.165, 1.54) is 18.2 Å². The summed E-state index contributed by atoms with van der Waals surface area (Å²) in [6.45, 7) is 0. The topological polar surface area (TPSA) is 26.3 Å². The molecule has 0 radical (unpaired) electrons. The number of rotatable bonds is 5. The zero-order chi connectivity index (χ0) is 17.6. The van der Waals surface area contributed by atoms with Crippen molar-refractivity contribution in [1.29, 1.82) is 0 Å². The van der Waals surface area contributed by atoms with E-state index in [9.17, 15) is 9.18 Å². The van der Waals surface area contributed by atoms with Crippen LogP contribution in [0.2, 0.25) is 0 Å². The molecule has 0 amide bonds. The Morgan fingerprint density at radius 3 is 2.40 bits per heavy atom. The van der Waals surface area contributed by atoms with Crippen molar-refractivity contribution >= 4 is 11.9 Å². The van der Waals surface area contributed by atoms with Crippen molar-refractivity contribution in [3.63, 3.8) is 0 Å². The first-order valence-corrected chi connectivity index (χ1v) is 7.89. The van der Waals surface area contributed by atoms with Crippen molar-refractivity contribution in [2.45, 2.75) is 0 Å². The molecule has 2 nitrogen and oxygen atoms in total. The molecule has 0 heterocycles. The van der Waals surface area contributed by atoms with Gasteiger partial charge in [0.2, 0.25) is 0 Å². The highest BCUT2D eigenvalue weighted by atomic mass is 19.1. The van der Waals surface area contributed by atoms with E-state index in [1.807, 2.05) is 36.4 Å². The van der Waals surface area contributed by atoms with Gasteiger partial charge < -0.3 is 4.74 Å². The lowest BCUT2D eigenvalue weighted by molar-refractivity contribution is 0.104. The molecule has 0 aliphatic rings. The van der Waals surface area contributed by atoms with Crippen LogP contribution in [0.25, 0.3) is 17.2 Å². The largest absolute Gasteiger partial charge is 0.496 e. The molecule has 3 aromatic rings. The summed E-state index contributed by atoms with van der Waals surface area (Å²) in [6.07, 6.45) is 3.25. The Labute approximate surface area is 146 Å². The third-order valence-corrected chi connectivity index (χ3v) is 3.86. The fourth-order valence-corrected chi connectivity index (χ4v) is 2.59. The maximum atomic E-state index is 13.4. The predicted molar refractivity (Wildman–Crippen MR) is 98.2 cm³/mol. The molecule has 0 aromatic heterocycles. The summed E-state index contributed by atoms with van der Waals surface area (Å²) in [7, 11) is 1.59. The molecule has 0 N–H and O–H groups in total. The number of benzene rings is 3. The van der Waals surface area contributed by atoms with E-state index in [1.54, 1.807) is 37.5 Å². The van der Waals surface area contributed by atoms with Gasteiger partial charge in [-0.25, -0.2) is 4.39 Å². The summed E-state index contributed by atoms with van der Waals surface area (Å²) in [6, 6.07) is 21.0. The smallest absolute Gasteiger partial charge is 0.185 e. The summed E-state index contributed by atoms with van der Waals surface area (Å²) < 4.78 is 18.7. The molecule has 0 saturated carbocycles. The second-order valence-corrected chi connectivity index (χ2v) is 5.53. The Morgan fingerprint density at radius 1 is 0.920 bits per heavy atom. The second kappa shape index (κ2) is 7.58. The van der Waals surface area contributed by atoms with E-state index < -0.39 is 0 Å². The standard InChI is InChI=1S/C22H17FO2/c1-25-22-11-3-2-6-16(22)12-13-21(24)19-9-4-7-17(14-19)18-8-5-10-20(23)15-18/h2-15H,1H3/b13-12+. The molecule has 0 spiro atoms. The molecular weight excluding hydrogens is 315 g/mol. The molecule has 0 unspecified atom stereocenters. The van der Waals surface area contributed by atoms with E-state index in [-0.39, 0.29) is 11.6 Å². The van der Waals surface area contributed by atoms with Crippen LogP contribution in [0.1, 0.15) is 15.9 Å². The Balaban J connectivity index is 1.86. The fraction of sp³-hybridized carbons (Fsp3) is 0.0455. The van der Waals surface area contributed by atoms with Gasteiger partial charge in [-0.2, -0.15) is 0 Å². The first-order valence-electron chi connectivity index (χ1n) is 7.89. The number of para-hydroxylation sites is 1. The normalized spacial score (nSPS) is 10.8. The van der Waals surface area contributed by atoms with Crippen LogP contribution in [0.15, 0.2) is 78.9 Å². The van der Waals surface area contributed by atoms with Gasteiger partial charge in [0.15, 0.2) is 5.78 Å². The van der Waals surface area contributed by atoms with Gasteiger partial charge in [0.1, 0.15) is 11.6 Å². The maximum Gasteiger partial charge on any atom is 0.185 e. The monoisotopic (exact) mass is 332 g/mol. The number of ketones is 1. The number of methoxy groups -OCH3 is 1. The molecule has 3 aromatic carbocycles. The zero-order valence-electron chi connectivity index (χ0n) is 13.8. The minimum absolute atomic E-state index is 0.121. The number of carbonyl (C=O) groups is 1. The zero-order valence-corrected chi connectivity index (χ0v) is 13.8. The van der Waals surface area contributed by atoms with Gasteiger partial charge >= 0.3 is 0 Å². The summed E-state index contributed by atoms with van der Waals surface area (Å²) in [4.78, 5) is 12.5. The predicted octanol–water partition coefficient (Wildman–Crippen LogP) is 5.40. The number of carbonyl (C=O) groups excluding carboxylic acids is 1. The van der Waals surface area contributed by atoms with Crippen molar-refractivity contribution < 1.29 is 13.9 Å². The van der Waals surface area contributed by atoms with Crippen molar-refractivity contribution in [2.24, 2.45) is 0 Å². The Morgan fingerprint density at radius 2 is 1.64 bits per heavy atom. The average Bonchev–Trinajstić information content (AvgIpc) is 2.66. The lowest BCUT2D eigenvalue weighted by atomic mass is 10.0. The second-order valence-electron chi connectivity index (χ2n) is 5.53. The SMILES string of the molecule is COc1ccccc1/C=C/C(=O)c1cccc(-c2cccc(F)c2)c1. The number of hydrogen-bond donors (Lipinski definition) is 0. The molecule has 124 valence electrons. The van der Waals surface area contributed by atoms with E-state index >= 15 is 0 Å². The van der Waals surface area contributed by atoms with Gasteiger partial charge in [-0.3, -0.25) is 4.79 Å². The lowest BCUT2D eigenvalue weighted by Crippen LogP contribution is -1.95. The van der Waals surface area contributed by atoms with E-state index in [2.05, 4.69) is 0 Å². The number of halogens is 1. The Kier molecular flexibility index (Phi) is 5.05. The molecule has 0 aliphatic carbocycles. The molecule has 3 heteroatoms. The minimum atomic E-state index is -0.301. The van der Waals surface area contributed by atoms with Crippen LogP contribution < -0.4 is 4.74 Å². The van der Waals surface area contributed by atoms with Gasteiger partial charge in [0, 0.05) is 11.1 Å². The maximum absolute atomic E-state index is 13.4. The molecular formula is C22H17FO2. The van der Waals surface area contributed by atoms with Crippen molar-refractivity contribution in [3.8, 4) is 16.9 Å². The van der Waals surface area contributed by atoms with Crippen LogP contribution in [0, 0.1) is 5.82 Å². The lowest BCUT2D eigenvalue weighted by Gasteiger charge is -2.05. The summed E-state index contributed by atoms with van der Waals surface area (Å²) in [5.74, 6) is 0.287. The summed E-state index contributed by atoms with van der Waals surface area (Å²) in [5.41, 5.74) is 2.92. The summed E-state index contributed by atoms with van der Waals surface area (Å²) >= 11 is 0. The van der Waals surface area contributed by atoms with Crippen LogP contribution in [0.4, 0.5) is 4.39 Å². The molecule has 3 rings (SSSR count). The van der Waals surface area contributed by atoms with Gasteiger partial charge in [0.05, 0.1) is 7.11 Å². The van der Waals surface area contributed by atoms with Gasteiger partial charge in [-0.1, -0.05) is 48.5 Å². The highest BCUT2D eigenvalue weighted by Gasteiger charge is 2.06. The van der Waals surface area contributed by atoms with Gasteiger partial charge in [-0.05, 0) is 47.5 Å². The van der Waals surface area contributed by atoms with Crippen molar-refractivity contribution in [1.82, 2.24) is 0 Å². The molecule has 0 atom stereocenters. The Bertz CT molecular complexity index is 929. The van der Waals surface area contributed by atoms with E-state index in [4.69, 9.17) is 4.74 Å². The molecule has 0 saturated heterocycles. The highest BCUT2D eigenvalue weighted by molar-refractivity contribution is 6.07. The number of hydrogen-bond acceptors (Lipinski definition) is 2. The molecule has 0 fully saturated rings. The quantitative estimate of drug-likeness (QED) is 0.462. The van der Waals surface area contributed by atoms with Crippen molar-refractivity contribution in [3.05, 3.63) is 95.8 Å². The first kappa shape index (κ1) is 16.7. The van der Waals surface area contributed by atoms with Crippen LogP contribution in [0.3, 0.4) is 0 Å². The number of ether oxygens (including phenoxy) is 1. The first-order chi connectivity index (χ1) is 12.2.